The summed E-state index contributed by atoms with van der Waals surface area (Å²) >= 11 is 0. The molecule has 3 nitrogen and oxygen atoms in total. The molecule has 0 saturated heterocycles. The minimum absolute atomic E-state index is 0.0179. The Morgan fingerprint density at radius 2 is 2.17 bits per heavy atom. The zero-order valence-electron chi connectivity index (χ0n) is 10.9. The number of hydrogen-bond donors (Lipinski definition) is 0. The average molecular weight is 243 g/mol. The fourth-order valence-corrected chi connectivity index (χ4v) is 2.00. The Morgan fingerprint density at radius 3 is 2.83 bits per heavy atom. The predicted molar refractivity (Wildman–Crippen MR) is 71.8 cm³/mol. The highest BCUT2D eigenvalue weighted by Gasteiger charge is 2.32. The van der Waals surface area contributed by atoms with Crippen molar-refractivity contribution in [3.8, 4) is 0 Å². The van der Waals surface area contributed by atoms with Crippen LogP contribution in [-0.4, -0.2) is 23.5 Å². The van der Waals surface area contributed by atoms with Crippen molar-refractivity contribution in [2.24, 2.45) is 0 Å². The first kappa shape index (κ1) is 12.7. The third-order valence-corrected chi connectivity index (χ3v) is 3.53. The molecule has 2 aromatic rings. The standard InChI is InChI=1S/C15H17NO2/c1-4-15(2,18-3)14(17)13-7-5-6-11-10-16-9-8-12(11)13/h5-10H,4H2,1-3H3. The van der Waals surface area contributed by atoms with Gasteiger partial charge >= 0.3 is 0 Å². The zero-order valence-corrected chi connectivity index (χ0v) is 10.9. The number of pyridine rings is 1. The monoisotopic (exact) mass is 243 g/mol. The summed E-state index contributed by atoms with van der Waals surface area (Å²) in [6, 6.07) is 7.55. The second-order valence-corrected chi connectivity index (χ2v) is 4.52. The van der Waals surface area contributed by atoms with Crippen molar-refractivity contribution in [3.05, 3.63) is 42.2 Å². The maximum atomic E-state index is 12.6. The van der Waals surface area contributed by atoms with Gasteiger partial charge in [-0.15, -0.1) is 0 Å². The smallest absolute Gasteiger partial charge is 0.194 e. The first-order valence-corrected chi connectivity index (χ1v) is 6.05. The van der Waals surface area contributed by atoms with Crippen LogP contribution in [-0.2, 0) is 4.74 Å². The van der Waals surface area contributed by atoms with E-state index in [1.807, 2.05) is 38.1 Å². The summed E-state index contributed by atoms with van der Waals surface area (Å²) in [5.74, 6) is 0.0179. The van der Waals surface area contributed by atoms with Gasteiger partial charge in [-0.3, -0.25) is 9.78 Å². The fraction of sp³-hybridized carbons (Fsp3) is 0.333. The van der Waals surface area contributed by atoms with Gasteiger partial charge in [-0.1, -0.05) is 25.1 Å². The lowest BCUT2D eigenvalue weighted by Gasteiger charge is -2.25. The van der Waals surface area contributed by atoms with E-state index in [9.17, 15) is 4.79 Å². The topological polar surface area (TPSA) is 39.2 Å². The minimum atomic E-state index is -0.766. The summed E-state index contributed by atoms with van der Waals surface area (Å²) in [4.78, 5) is 16.7. The van der Waals surface area contributed by atoms with Gasteiger partial charge in [0.15, 0.2) is 5.78 Å². The van der Waals surface area contributed by atoms with Gasteiger partial charge in [-0.25, -0.2) is 0 Å². The van der Waals surface area contributed by atoms with Gasteiger partial charge in [0.1, 0.15) is 5.60 Å². The van der Waals surface area contributed by atoms with Gasteiger partial charge in [0.2, 0.25) is 0 Å². The summed E-state index contributed by atoms with van der Waals surface area (Å²) in [7, 11) is 1.58. The number of rotatable bonds is 4. The molecule has 0 radical (unpaired) electrons. The Morgan fingerprint density at radius 1 is 1.39 bits per heavy atom. The van der Waals surface area contributed by atoms with Crippen molar-refractivity contribution >= 4 is 16.6 Å². The van der Waals surface area contributed by atoms with Gasteiger partial charge in [0.25, 0.3) is 0 Å². The molecule has 1 unspecified atom stereocenters. The van der Waals surface area contributed by atoms with E-state index >= 15 is 0 Å². The number of methoxy groups -OCH3 is 1. The molecule has 0 saturated carbocycles. The van der Waals surface area contributed by atoms with E-state index in [0.717, 1.165) is 10.8 Å². The molecule has 1 aromatic carbocycles. The maximum Gasteiger partial charge on any atom is 0.194 e. The number of carbonyl (C=O) groups excluding carboxylic acids is 1. The Bertz CT molecular complexity index is 568. The molecule has 18 heavy (non-hydrogen) atoms. The summed E-state index contributed by atoms with van der Waals surface area (Å²) in [5.41, 5.74) is -0.0709. The summed E-state index contributed by atoms with van der Waals surface area (Å²) in [6.45, 7) is 3.78. The number of fused-ring (bicyclic) bond motifs is 1. The average Bonchev–Trinajstić information content (AvgIpc) is 2.45. The molecule has 94 valence electrons. The highest BCUT2D eigenvalue weighted by atomic mass is 16.5. The summed E-state index contributed by atoms with van der Waals surface area (Å²) in [6.07, 6.45) is 4.11. The summed E-state index contributed by atoms with van der Waals surface area (Å²) in [5, 5.41) is 1.90. The molecule has 0 aliphatic carbocycles. The van der Waals surface area contributed by atoms with Crippen LogP contribution < -0.4 is 0 Å². The molecule has 1 atom stereocenters. The van der Waals surface area contributed by atoms with E-state index in [4.69, 9.17) is 4.74 Å². The maximum absolute atomic E-state index is 12.6. The first-order valence-electron chi connectivity index (χ1n) is 6.05. The number of aromatic nitrogens is 1. The van der Waals surface area contributed by atoms with Crippen molar-refractivity contribution in [2.75, 3.05) is 7.11 Å². The fourth-order valence-electron chi connectivity index (χ4n) is 2.00. The van der Waals surface area contributed by atoms with Gasteiger partial charge in [0.05, 0.1) is 0 Å². The highest BCUT2D eigenvalue weighted by Crippen LogP contribution is 2.25. The van der Waals surface area contributed by atoms with Crippen LogP contribution in [0.5, 0.6) is 0 Å². The third kappa shape index (κ3) is 2.02. The van der Waals surface area contributed by atoms with Crippen molar-refractivity contribution < 1.29 is 9.53 Å². The van der Waals surface area contributed by atoms with E-state index in [0.29, 0.717) is 12.0 Å². The molecule has 0 amide bonds. The summed E-state index contributed by atoms with van der Waals surface area (Å²) < 4.78 is 5.39. The molecule has 1 heterocycles. The first-order chi connectivity index (χ1) is 8.62. The lowest BCUT2D eigenvalue weighted by atomic mass is 9.89. The molecule has 0 aliphatic heterocycles. The van der Waals surface area contributed by atoms with Crippen LogP contribution in [0, 0.1) is 0 Å². The highest BCUT2D eigenvalue weighted by molar-refractivity contribution is 6.11. The Hall–Kier alpha value is -1.74. The van der Waals surface area contributed by atoms with Crippen LogP contribution in [0.4, 0.5) is 0 Å². The number of nitrogens with zero attached hydrogens (tertiary/aromatic N) is 1. The van der Waals surface area contributed by atoms with Gasteiger partial charge < -0.3 is 4.74 Å². The van der Waals surface area contributed by atoms with Crippen LogP contribution in [0.3, 0.4) is 0 Å². The van der Waals surface area contributed by atoms with Crippen LogP contribution >= 0.6 is 0 Å². The van der Waals surface area contributed by atoms with Crippen LogP contribution in [0.15, 0.2) is 36.7 Å². The molecule has 2 rings (SSSR count). The molecule has 0 N–H and O–H groups in total. The van der Waals surface area contributed by atoms with Crippen molar-refractivity contribution in [1.82, 2.24) is 4.98 Å². The lowest BCUT2D eigenvalue weighted by molar-refractivity contribution is 0.0107. The number of carbonyl (C=O) groups is 1. The SMILES string of the molecule is CCC(C)(OC)C(=O)c1cccc2cnccc12. The Labute approximate surface area is 107 Å². The van der Waals surface area contributed by atoms with Crippen molar-refractivity contribution in [2.45, 2.75) is 25.9 Å². The number of ether oxygens (including phenoxy) is 1. The van der Waals surface area contributed by atoms with E-state index in [-0.39, 0.29) is 5.78 Å². The number of ketones is 1. The number of benzene rings is 1. The van der Waals surface area contributed by atoms with E-state index in [2.05, 4.69) is 4.98 Å². The van der Waals surface area contributed by atoms with E-state index in [1.165, 1.54) is 0 Å². The Kier molecular flexibility index (Phi) is 3.43. The Balaban J connectivity index is 2.58. The van der Waals surface area contributed by atoms with Crippen molar-refractivity contribution in [1.29, 1.82) is 0 Å². The molecule has 0 fully saturated rings. The molecule has 3 heteroatoms. The van der Waals surface area contributed by atoms with Crippen LogP contribution in [0.25, 0.3) is 10.8 Å². The van der Waals surface area contributed by atoms with Crippen LogP contribution in [0.1, 0.15) is 30.6 Å². The van der Waals surface area contributed by atoms with E-state index < -0.39 is 5.60 Å². The second-order valence-electron chi connectivity index (χ2n) is 4.52. The minimum Gasteiger partial charge on any atom is -0.370 e. The van der Waals surface area contributed by atoms with Crippen molar-refractivity contribution in [3.63, 3.8) is 0 Å². The zero-order chi connectivity index (χ0) is 13.2. The molecule has 1 aromatic heterocycles. The largest absolute Gasteiger partial charge is 0.370 e. The molecule has 0 bridgehead atoms. The van der Waals surface area contributed by atoms with Crippen LogP contribution in [0.2, 0.25) is 0 Å². The van der Waals surface area contributed by atoms with E-state index in [1.54, 1.807) is 19.5 Å². The third-order valence-electron chi connectivity index (χ3n) is 3.53. The second kappa shape index (κ2) is 4.86. The quantitative estimate of drug-likeness (QED) is 0.774. The molecular formula is C15H17NO2. The van der Waals surface area contributed by atoms with Gasteiger partial charge in [-0.2, -0.15) is 0 Å². The molecule has 0 aliphatic rings. The number of Topliss-reactive ketones (excluding diaryl/α,β-unsaturated/α-hetero) is 1. The molecular weight excluding hydrogens is 226 g/mol. The van der Waals surface area contributed by atoms with Gasteiger partial charge in [-0.05, 0) is 24.8 Å². The molecule has 0 spiro atoms. The predicted octanol–water partition coefficient (Wildman–Crippen LogP) is 3.23. The van der Waals surface area contributed by atoms with Gasteiger partial charge in [0, 0.05) is 30.5 Å². The normalized spacial score (nSPS) is 14.4. The number of hydrogen-bond acceptors (Lipinski definition) is 3. The lowest BCUT2D eigenvalue weighted by Crippen LogP contribution is -2.36.